The summed E-state index contributed by atoms with van der Waals surface area (Å²) in [7, 11) is 0. The van der Waals surface area contributed by atoms with Crippen molar-refractivity contribution in [1.29, 1.82) is 0 Å². The SMILES string of the molecule is O=C(O)C1CCC(NCC2(c3ccc(F)cc3Cl)CC2)CC1. The molecule has 0 aromatic heterocycles. The van der Waals surface area contributed by atoms with Crippen LogP contribution in [0, 0.1) is 11.7 Å². The van der Waals surface area contributed by atoms with Crippen LogP contribution in [-0.4, -0.2) is 23.7 Å². The fourth-order valence-corrected chi connectivity index (χ4v) is 3.86. The Morgan fingerprint density at radius 3 is 2.55 bits per heavy atom. The van der Waals surface area contributed by atoms with Crippen LogP contribution in [0.2, 0.25) is 5.02 Å². The van der Waals surface area contributed by atoms with Crippen LogP contribution in [-0.2, 0) is 10.2 Å². The Morgan fingerprint density at radius 1 is 1.32 bits per heavy atom. The third-order valence-electron chi connectivity index (χ3n) is 5.16. The summed E-state index contributed by atoms with van der Waals surface area (Å²) >= 11 is 6.20. The molecule has 1 aromatic rings. The fourth-order valence-electron chi connectivity index (χ4n) is 3.50. The van der Waals surface area contributed by atoms with Crippen LogP contribution in [0.25, 0.3) is 0 Å². The molecule has 3 nitrogen and oxygen atoms in total. The van der Waals surface area contributed by atoms with Gasteiger partial charge in [0.2, 0.25) is 0 Å². The molecule has 3 rings (SSSR count). The number of carboxylic acid groups (broad SMARTS) is 1. The van der Waals surface area contributed by atoms with E-state index in [4.69, 9.17) is 16.7 Å². The molecule has 22 heavy (non-hydrogen) atoms. The number of hydrogen-bond acceptors (Lipinski definition) is 2. The van der Waals surface area contributed by atoms with Gasteiger partial charge in [-0.2, -0.15) is 0 Å². The molecular formula is C17H21ClFNO2. The van der Waals surface area contributed by atoms with E-state index in [1.807, 2.05) is 0 Å². The zero-order valence-corrected chi connectivity index (χ0v) is 13.2. The van der Waals surface area contributed by atoms with Crippen LogP contribution in [0.4, 0.5) is 4.39 Å². The van der Waals surface area contributed by atoms with Gasteiger partial charge in [-0.1, -0.05) is 17.7 Å². The average molecular weight is 326 g/mol. The summed E-state index contributed by atoms with van der Waals surface area (Å²) in [6.45, 7) is 0.834. The summed E-state index contributed by atoms with van der Waals surface area (Å²) in [4.78, 5) is 11.0. The van der Waals surface area contributed by atoms with Crippen molar-refractivity contribution in [3.05, 3.63) is 34.6 Å². The highest BCUT2D eigenvalue weighted by molar-refractivity contribution is 6.31. The molecule has 2 N–H and O–H groups in total. The highest BCUT2D eigenvalue weighted by Crippen LogP contribution is 2.50. The number of halogens is 2. The Morgan fingerprint density at radius 2 is 2.00 bits per heavy atom. The summed E-state index contributed by atoms with van der Waals surface area (Å²) in [5.74, 6) is -1.15. The molecule has 0 heterocycles. The zero-order chi connectivity index (χ0) is 15.7. The van der Waals surface area contributed by atoms with Crippen molar-refractivity contribution in [2.75, 3.05) is 6.54 Å². The van der Waals surface area contributed by atoms with E-state index in [2.05, 4.69) is 5.32 Å². The van der Waals surface area contributed by atoms with Gasteiger partial charge in [-0.25, -0.2) is 4.39 Å². The first-order valence-electron chi connectivity index (χ1n) is 7.92. The van der Waals surface area contributed by atoms with Crippen LogP contribution >= 0.6 is 11.6 Å². The minimum absolute atomic E-state index is 0.0361. The van der Waals surface area contributed by atoms with Gasteiger partial charge < -0.3 is 10.4 Å². The summed E-state index contributed by atoms with van der Waals surface area (Å²) < 4.78 is 13.2. The molecule has 0 unspecified atom stereocenters. The van der Waals surface area contributed by atoms with E-state index < -0.39 is 5.97 Å². The van der Waals surface area contributed by atoms with E-state index in [1.165, 1.54) is 12.1 Å². The van der Waals surface area contributed by atoms with Gasteiger partial charge in [-0.3, -0.25) is 4.79 Å². The molecule has 2 saturated carbocycles. The summed E-state index contributed by atoms with van der Waals surface area (Å²) in [5, 5.41) is 13.1. The molecule has 2 fully saturated rings. The van der Waals surface area contributed by atoms with Gasteiger partial charge in [0.1, 0.15) is 5.82 Å². The minimum Gasteiger partial charge on any atom is -0.481 e. The predicted molar refractivity (Wildman–Crippen MR) is 83.7 cm³/mol. The Bertz CT molecular complexity index is 566. The quantitative estimate of drug-likeness (QED) is 0.867. The molecule has 120 valence electrons. The number of aliphatic carboxylic acids is 1. The molecule has 0 saturated heterocycles. The number of nitrogens with one attached hydrogen (secondary N) is 1. The van der Waals surface area contributed by atoms with Crippen molar-refractivity contribution in [3.8, 4) is 0 Å². The first kappa shape index (κ1) is 15.8. The monoisotopic (exact) mass is 325 g/mol. The summed E-state index contributed by atoms with van der Waals surface area (Å²) in [6.07, 6.45) is 5.44. The largest absolute Gasteiger partial charge is 0.481 e. The lowest BCUT2D eigenvalue weighted by Gasteiger charge is -2.29. The van der Waals surface area contributed by atoms with Crippen molar-refractivity contribution in [2.45, 2.75) is 50.0 Å². The first-order valence-corrected chi connectivity index (χ1v) is 8.30. The summed E-state index contributed by atoms with van der Waals surface area (Å²) in [5.41, 5.74) is 1.07. The highest BCUT2D eigenvalue weighted by Gasteiger charge is 2.45. The van der Waals surface area contributed by atoms with Gasteiger partial charge in [0.15, 0.2) is 0 Å². The standard InChI is InChI=1S/C17H21ClFNO2/c18-15-9-12(19)3-6-14(15)17(7-8-17)10-20-13-4-1-11(2-5-13)16(21)22/h3,6,9,11,13,20H,1-2,4-5,7-8,10H2,(H,21,22). The van der Waals surface area contributed by atoms with E-state index in [9.17, 15) is 9.18 Å². The smallest absolute Gasteiger partial charge is 0.306 e. The zero-order valence-electron chi connectivity index (χ0n) is 12.4. The Kier molecular flexibility index (Phi) is 4.42. The van der Waals surface area contributed by atoms with Crippen molar-refractivity contribution in [3.63, 3.8) is 0 Å². The molecule has 0 atom stereocenters. The lowest BCUT2D eigenvalue weighted by atomic mass is 9.85. The molecule has 0 spiro atoms. The van der Waals surface area contributed by atoms with Crippen molar-refractivity contribution in [1.82, 2.24) is 5.32 Å². The van der Waals surface area contributed by atoms with Crippen LogP contribution in [0.5, 0.6) is 0 Å². The molecule has 0 radical (unpaired) electrons. The third-order valence-corrected chi connectivity index (χ3v) is 5.47. The molecule has 0 aliphatic heterocycles. The van der Waals surface area contributed by atoms with E-state index in [0.29, 0.717) is 11.1 Å². The van der Waals surface area contributed by atoms with Crippen LogP contribution < -0.4 is 5.32 Å². The lowest BCUT2D eigenvalue weighted by molar-refractivity contribution is -0.142. The van der Waals surface area contributed by atoms with Gasteiger partial charge in [0.25, 0.3) is 0 Å². The van der Waals surface area contributed by atoms with E-state index in [-0.39, 0.29) is 17.2 Å². The van der Waals surface area contributed by atoms with Crippen LogP contribution in [0.15, 0.2) is 18.2 Å². The van der Waals surface area contributed by atoms with Gasteiger partial charge in [0, 0.05) is 23.0 Å². The van der Waals surface area contributed by atoms with Crippen molar-refractivity contribution >= 4 is 17.6 Å². The lowest BCUT2D eigenvalue weighted by Crippen LogP contribution is -2.39. The third kappa shape index (κ3) is 3.28. The molecule has 5 heteroatoms. The maximum atomic E-state index is 13.2. The average Bonchev–Trinajstić information content (AvgIpc) is 3.26. The molecule has 2 aliphatic carbocycles. The van der Waals surface area contributed by atoms with Gasteiger partial charge in [-0.05, 0) is 56.2 Å². The van der Waals surface area contributed by atoms with Crippen LogP contribution in [0.1, 0.15) is 44.1 Å². The summed E-state index contributed by atoms with van der Waals surface area (Å²) in [6, 6.07) is 5.04. The fraction of sp³-hybridized carbons (Fsp3) is 0.588. The highest BCUT2D eigenvalue weighted by atomic mass is 35.5. The Balaban J connectivity index is 1.56. The molecule has 2 aliphatic rings. The molecule has 0 bridgehead atoms. The maximum Gasteiger partial charge on any atom is 0.306 e. The number of rotatable bonds is 5. The molecular weight excluding hydrogens is 305 g/mol. The van der Waals surface area contributed by atoms with Crippen molar-refractivity contribution in [2.24, 2.45) is 5.92 Å². The second-order valence-corrected chi connectivity index (χ2v) is 7.08. The van der Waals surface area contributed by atoms with Gasteiger partial charge >= 0.3 is 5.97 Å². The Hall–Kier alpha value is -1.13. The molecule has 0 amide bonds. The Labute approximate surface area is 134 Å². The van der Waals surface area contributed by atoms with E-state index in [1.54, 1.807) is 6.07 Å². The van der Waals surface area contributed by atoms with E-state index in [0.717, 1.165) is 50.6 Å². The van der Waals surface area contributed by atoms with Crippen molar-refractivity contribution < 1.29 is 14.3 Å². The topological polar surface area (TPSA) is 49.3 Å². The van der Waals surface area contributed by atoms with E-state index >= 15 is 0 Å². The second kappa shape index (κ2) is 6.17. The number of carboxylic acids is 1. The number of hydrogen-bond donors (Lipinski definition) is 2. The first-order chi connectivity index (χ1) is 10.5. The maximum absolute atomic E-state index is 13.2. The van der Waals surface area contributed by atoms with Crippen LogP contribution in [0.3, 0.4) is 0 Å². The number of benzene rings is 1. The predicted octanol–water partition coefficient (Wildman–Crippen LogP) is 3.74. The van der Waals surface area contributed by atoms with Gasteiger partial charge in [-0.15, -0.1) is 0 Å². The normalized spacial score (nSPS) is 26.6. The second-order valence-electron chi connectivity index (χ2n) is 6.67. The minimum atomic E-state index is -0.671. The van der Waals surface area contributed by atoms with Gasteiger partial charge in [0.05, 0.1) is 5.92 Å². The number of carbonyl (C=O) groups is 1. The molecule has 1 aromatic carbocycles.